The van der Waals surface area contributed by atoms with E-state index in [0.29, 0.717) is 12.0 Å². The molecule has 2 N–H and O–H groups in total. The van der Waals surface area contributed by atoms with Gasteiger partial charge in [-0.05, 0) is 30.7 Å². The maximum Gasteiger partial charge on any atom is 0.243 e. The third-order valence-electron chi connectivity index (χ3n) is 4.85. The van der Waals surface area contributed by atoms with Crippen molar-refractivity contribution in [3.05, 3.63) is 35.9 Å². The van der Waals surface area contributed by atoms with E-state index >= 15 is 0 Å². The molecule has 1 aromatic carbocycles. The van der Waals surface area contributed by atoms with Crippen LogP contribution in [0.3, 0.4) is 0 Å². The van der Waals surface area contributed by atoms with Crippen LogP contribution in [-0.2, 0) is 11.2 Å². The first-order chi connectivity index (χ1) is 12.1. The highest BCUT2D eigenvalue weighted by Crippen LogP contribution is 2.23. The Balaban J connectivity index is 0.00000338. The molecule has 2 rings (SSSR count). The van der Waals surface area contributed by atoms with Crippen molar-refractivity contribution >= 4 is 35.8 Å². The first-order valence-electron chi connectivity index (χ1n) is 9.35. The molecule has 2 unspecified atom stereocenters. The highest BCUT2D eigenvalue weighted by atomic mass is 127. The SMILES string of the molecule is CC1CCCCC1NC(=NCC(=O)N(C)C)NCCc1ccccc1.I. The maximum absolute atomic E-state index is 11.9. The molecule has 0 radical (unpaired) electrons. The summed E-state index contributed by atoms with van der Waals surface area (Å²) in [5.74, 6) is 1.41. The summed E-state index contributed by atoms with van der Waals surface area (Å²) in [5, 5.41) is 6.95. The quantitative estimate of drug-likeness (QED) is 0.380. The predicted octanol–water partition coefficient (Wildman–Crippen LogP) is 3.05. The summed E-state index contributed by atoms with van der Waals surface area (Å²) in [5.41, 5.74) is 1.30. The third kappa shape index (κ3) is 7.93. The van der Waals surface area contributed by atoms with Gasteiger partial charge in [0, 0.05) is 26.7 Å². The number of nitrogens with zero attached hydrogens (tertiary/aromatic N) is 2. The van der Waals surface area contributed by atoms with E-state index in [9.17, 15) is 4.79 Å². The Morgan fingerprint density at radius 1 is 1.19 bits per heavy atom. The second-order valence-corrected chi connectivity index (χ2v) is 7.13. The average molecular weight is 472 g/mol. The van der Waals surface area contributed by atoms with Crippen LogP contribution >= 0.6 is 24.0 Å². The first-order valence-corrected chi connectivity index (χ1v) is 9.35. The number of rotatable bonds is 6. The van der Waals surface area contributed by atoms with Gasteiger partial charge < -0.3 is 15.5 Å². The van der Waals surface area contributed by atoms with Gasteiger partial charge in [0.15, 0.2) is 5.96 Å². The van der Waals surface area contributed by atoms with Crippen LogP contribution in [0.1, 0.15) is 38.2 Å². The minimum atomic E-state index is 0. The molecule has 0 aromatic heterocycles. The number of hydrogen-bond acceptors (Lipinski definition) is 2. The molecule has 2 atom stereocenters. The fourth-order valence-electron chi connectivity index (χ4n) is 3.12. The molecule has 1 aliphatic carbocycles. The van der Waals surface area contributed by atoms with Crippen LogP contribution in [0.4, 0.5) is 0 Å². The normalized spacial score (nSPS) is 20.0. The van der Waals surface area contributed by atoms with E-state index < -0.39 is 0 Å². The van der Waals surface area contributed by atoms with E-state index in [1.54, 1.807) is 19.0 Å². The molecule has 5 nitrogen and oxygen atoms in total. The lowest BCUT2D eigenvalue weighted by atomic mass is 9.86. The highest BCUT2D eigenvalue weighted by Gasteiger charge is 2.22. The van der Waals surface area contributed by atoms with Crippen molar-refractivity contribution in [1.29, 1.82) is 0 Å². The third-order valence-corrected chi connectivity index (χ3v) is 4.85. The number of benzene rings is 1. The Morgan fingerprint density at radius 3 is 2.54 bits per heavy atom. The maximum atomic E-state index is 11.9. The molecule has 0 bridgehead atoms. The Labute approximate surface area is 175 Å². The van der Waals surface area contributed by atoms with Gasteiger partial charge in [0.1, 0.15) is 6.54 Å². The van der Waals surface area contributed by atoms with E-state index in [2.05, 4.69) is 46.8 Å². The van der Waals surface area contributed by atoms with Crippen molar-refractivity contribution in [3.8, 4) is 0 Å². The molecule has 1 saturated carbocycles. The molecule has 146 valence electrons. The second kappa shape index (κ2) is 12.1. The van der Waals surface area contributed by atoms with Gasteiger partial charge in [-0.3, -0.25) is 4.79 Å². The molecule has 1 aliphatic rings. The molecule has 0 heterocycles. The van der Waals surface area contributed by atoms with Crippen molar-refractivity contribution in [1.82, 2.24) is 15.5 Å². The smallest absolute Gasteiger partial charge is 0.243 e. The van der Waals surface area contributed by atoms with Crippen LogP contribution < -0.4 is 10.6 Å². The average Bonchev–Trinajstić information content (AvgIpc) is 2.61. The fraction of sp³-hybridized carbons (Fsp3) is 0.600. The molecular formula is C20H33IN4O. The summed E-state index contributed by atoms with van der Waals surface area (Å²) in [4.78, 5) is 17.9. The Hall–Kier alpha value is -1.31. The van der Waals surface area contributed by atoms with Crippen LogP contribution in [0.5, 0.6) is 0 Å². The van der Waals surface area contributed by atoms with Gasteiger partial charge in [0.2, 0.25) is 5.91 Å². The van der Waals surface area contributed by atoms with Crippen LogP contribution in [0.25, 0.3) is 0 Å². The van der Waals surface area contributed by atoms with E-state index in [-0.39, 0.29) is 36.4 Å². The van der Waals surface area contributed by atoms with E-state index in [4.69, 9.17) is 0 Å². The van der Waals surface area contributed by atoms with Gasteiger partial charge in [0.25, 0.3) is 0 Å². The van der Waals surface area contributed by atoms with E-state index in [1.807, 2.05) is 6.07 Å². The van der Waals surface area contributed by atoms with E-state index in [0.717, 1.165) is 18.9 Å². The summed E-state index contributed by atoms with van der Waals surface area (Å²) < 4.78 is 0. The topological polar surface area (TPSA) is 56.7 Å². The number of nitrogens with one attached hydrogen (secondary N) is 2. The lowest BCUT2D eigenvalue weighted by Gasteiger charge is -2.31. The van der Waals surface area contributed by atoms with Crippen LogP contribution in [0.2, 0.25) is 0 Å². The second-order valence-electron chi connectivity index (χ2n) is 7.13. The van der Waals surface area contributed by atoms with Crippen molar-refractivity contribution < 1.29 is 4.79 Å². The largest absolute Gasteiger partial charge is 0.356 e. The number of likely N-dealkylation sites (N-methyl/N-ethyl adjacent to an activating group) is 1. The summed E-state index contributed by atoms with van der Waals surface area (Å²) in [7, 11) is 3.52. The number of amides is 1. The predicted molar refractivity (Wildman–Crippen MR) is 119 cm³/mol. The molecule has 1 fully saturated rings. The van der Waals surface area contributed by atoms with Gasteiger partial charge in [0.05, 0.1) is 0 Å². The standard InChI is InChI=1S/C20H32N4O.HI/c1-16-9-7-8-12-18(16)23-20(22-15-19(25)24(2)3)21-14-13-17-10-5-4-6-11-17;/h4-6,10-11,16,18H,7-9,12-15H2,1-3H3,(H2,21,22,23);1H. The number of carbonyl (C=O) groups is 1. The molecule has 0 saturated heterocycles. The molecule has 0 aliphatic heterocycles. The Kier molecular flexibility index (Phi) is 10.6. The molecular weight excluding hydrogens is 439 g/mol. The molecule has 26 heavy (non-hydrogen) atoms. The number of halogens is 1. The Bertz CT molecular complexity index is 562. The first kappa shape index (κ1) is 22.7. The van der Waals surface area contributed by atoms with Gasteiger partial charge in [-0.2, -0.15) is 0 Å². The van der Waals surface area contributed by atoms with Crippen molar-refractivity contribution in [3.63, 3.8) is 0 Å². The zero-order valence-electron chi connectivity index (χ0n) is 16.2. The molecule has 1 amide bonds. The number of aliphatic imine (C=N–C) groups is 1. The minimum absolute atomic E-state index is 0. The number of guanidine groups is 1. The van der Waals surface area contributed by atoms with Crippen LogP contribution in [0.15, 0.2) is 35.3 Å². The summed E-state index contributed by atoms with van der Waals surface area (Å²) in [6.45, 7) is 3.27. The van der Waals surface area contributed by atoms with Crippen LogP contribution in [-0.4, -0.2) is 50.0 Å². The van der Waals surface area contributed by atoms with Gasteiger partial charge in [-0.15, -0.1) is 24.0 Å². The van der Waals surface area contributed by atoms with Gasteiger partial charge >= 0.3 is 0 Å². The zero-order chi connectivity index (χ0) is 18.1. The minimum Gasteiger partial charge on any atom is -0.356 e. The number of carbonyl (C=O) groups excluding carboxylic acids is 1. The summed E-state index contributed by atoms with van der Waals surface area (Å²) in [6, 6.07) is 10.8. The van der Waals surface area contributed by atoms with Crippen molar-refractivity contribution in [2.24, 2.45) is 10.9 Å². The molecule has 0 spiro atoms. The lowest BCUT2D eigenvalue weighted by molar-refractivity contribution is -0.127. The monoisotopic (exact) mass is 472 g/mol. The molecule has 6 heteroatoms. The Morgan fingerprint density at radius 2 is 1.88 bits per heavy atom. The van der Waals surface area contributed by atoms with Gasteiger partial charge in [-0.25, -0.2) is 4.99 Å². The van der Waals surface area contributed by atoms with Crippen LogP contribution in [0, 0.1) is 5.92 Å². The fourth-order valence-corrected chi connectivity index (χ4v) is 3.12. The summed E-state index contributed by atoms with van der Waals surface area (Å²) in [6.07, 6.45) is 5.93. The zero-order valence-corrected chi connectivity index (χ0v) is 18.5. The van der Waals surface area contributed by atoms with Gasteiger partial charge in [-0.1, -0.05) is 50.1 Å². The highest BCUT2D eigenvalue weighted by molar-refractivity contribution is 14.0. The van der Waals surface area contributed by atoms with E-state index in [1.165, 1.54) is 31.2 Å². The lowest BCUT2D eigenvalue weighted by Crippen LogP contribution is -2.48. The molecule has 1 aromatic rings. The number of hydrogen-bond donors (Lipinski definition) is 2. The summed E-state index contributed by atoms with van der Waals surface area (Å²) >= 11 is 0. The van der Waals surface area contributed by atoms with Crippen molar-refractivity contribution in [2.75, 3.05) is 27.2 Å². The van der Waals surface area contributed by atoms with Crippen molar-refractivity contribution in [2.45, 2.75) is 45.1 Å².